The highest BCUT2D eigenvalue weighted by Gasteiger charge is 2.34. The Labute approximate surface area is 214 Å². The molecule has 2 heterocycles. The fourth-order valence-electron chi connectivity index (χ4n) is 5.66. The first-order chi connectivity index (χ1) is 17.8. The Bertz CT molecular complexity index is 1350. The van der Waals surface area contributed by atoms with Gasteiger partial charge in [-0.1, -0.05) is 0 Å². The Kier molecular flexibility index (Phi) is 6.66. The Morgan fingerprint density at radius 3 is 2.51 bits per heavy atom. The first-order valence-corrected chi connectivity index (χ1v) is 12.6. The number of aryl methyl sites for hydroxylation is 1. The number of ether oxygens (including phenoxy) is 2. The second-order valence-electron chi connectivity index (χ2n) is 9.78. The van der Waals surface area contributed by atoms with Gasteiger partial charge in [0.05, 0.1) is 42.5 Å². The highest BCUT2D eigenvalue weighted by atomic mass is 19.1. The minimum atomic E-state index is -0.765. The molecule has 1 saturated carbocycles. The molecule has 3 aromatic rings. The number of carbonyl (C=O) groups excluding carboxylic acids is 1. The van der Waals surface area contributed by atoms with Crippen molar-refractivity contribution in [1.82, 2.24) is 9.55 Å². The molecule has 1 amide bonds. The molecule has 1 atom stereocenters. The summed E-state index contributed by atoms with van der Waals surface area (Å²) < 4.78 is 27.1. The number of carboxylic acids is 1. The number of rotatable bonds is 5. The van der Waals surface area contributed by atoms with E-state index in [1.807, 2.05) is 19.1 Å². The highest BCUT2D eigenvalue weighted by Crippen LogP contribution is 2.42. The van der Waals surface area contributed by atoms with Crippen LogP contribution in [0.15, 0.2) is 30.3 Å². The summed E-state index contributed by atoms with van der Waals surface area (Å²) in [7, 11) is 2.85. The van der Waals surface area contributed by atoms with Crippen molar-refractivity contribution < 1.29 is 28.6 Å². The molecule has 0 bridgehead atoms. The zero-order valence-electron chi connectivity index (χ0n) is 21.2. The quantitative estimate of drug-likeness (QED) is 0.457. The number of fused-ring (bicyclic) bond motifs is 3. The van der Waals surface area contributed by atoms with E-state index >= 15 is 0 Å². The van der Waals surface area contributed by atoms with E-state index in [9.17, 15) is 19.1 Å². The van der Waals surface area contributed by atoms with Gasteiger partial charge in [0.25, 0.3) is 0 Å². The largest absolute Gasteiger partial charge is 0.497 e. The molecular weight excluding hydrogens is 479 g/mol. The Morgan fingerprint density at radius 1 is 1.11 bits per heavy atom. The number of carbonyl (C=O) groups is 2. The lowest BCUT2D eigenvalue weighted by Gasteiger charge is -2.34. The average Bonchev–Trinajstić information content (AvgIpc) is 3.27. The minimum Gasteiger partial charge on any atom is -0.497 e. The third-order valence-electron chi connectivity index (χ3n) is 7.66. The number of nitrogens with zero attached hydrogens (tertiary/aromatic N) is 3. The lowest BCUT2D eigenvalue weighted by molar-refractivity contribution is -0.143. The normalized spacial score (nSPS) is 21.4. The Morgan fingerprint density at radius 2 is 1.86 bits per heavy atom. The Balaban J connectivity index is 1.62. The van der Waals surface area contributed by atoms with Crippen LogP contribution in [-0.2, 0) is 16.0 Å². The maximum absolute atomic E-state index is 14.9. The third kappa shape index (κ3) is 4.45. The molecule has 9 nitrogen and oxygen atoms in total. The molecule has 10 heteroatoms. The van der Waals surface area contributed by atoms with E-state index in [-0.39, 0.29) is 23.7 Å². The van der Waals surface area contributed by atoms with Crippen LogP contribution in [0.4, 0.5) is 26.5 Å². The topological polar surface area (TPSA) is 106 Å². The van der Waals surface area contributed by atoms with E-state index in [1.165, 1.54) is 20.3 Å². The van der Waals surface area contributed by atoms with Gasteiger partial charge in [0.15, 0.2) is 0 Å². The summed E-state index contributed by atoms with van der Waals surface area (Å²) in [5.41, 5.74) is 3.58. The lowest BCUT2D eigenvalue weighted by atomic mass is 9.86. The predicted molar refractivity (Wildman–Crippen MR) is 137 cm³/mol. The van der Waals surface area contributed by atoms with Crippen LogP contribution >= 0.6 is 0 Å². The van der Waals surface area contributed by atoms with Gasteiger partial charge in [-0.05, 0) is 69.7 Å². The van der Waals surface area contributed by atoms with Crippen LogP contribution in [0.25, 0.3) is 11.0 Å². The van der Waals surface area contributed by atoms with E-state index < -0.39 is 17.9 Å². The number of benzene rings is 2. The van der Waals surface area contributed by atoms with E-state index in [4.69, 9.17) is 14.5 Å². The van der Waals surface area contributed by atoms with Crippen molar-refractivity contribution in [2.24, 2.45) is 5.92 Å². The number of aliphatic carboxylic acids is 1. The molecule has 1 unspecified atom stereocenters. The fraction of sp³-hybridized carbons (Fsp3) is 0.444. The van der Waals surface area contributed by atoms with Crippen molar-refractivity contribution in [3.05, 3.63) is 41.7 Å². The van der Waals surface area contributed by atoms with Gasteiger partial charge in [-0.15, -0.1) is 0 Å². The molecule has 1 aliphatic carbocycles. The monoisotopic (exact) mass is 510 g/mol. The van der Waals surface area contributed by atoms with Crippen LogP contribution in [0, 0.1) is 11.7 Å². The minimum absolute atomic E-state index is 0.00156. The number of halogens is 1. The number of anilines is 3. The van der Waals surface area contributed by atoms with Gasteiger partial charge in [-0.3, -0.25) is 9.69 Å². The standard InChI is InChI=1S/C27H31FN4O5/c1-15-4-10-19-22(31(15)27(35)37-3)12-13-23-24(19)30-26(29-21-11-9-18(36-2)14-20(21)28)32(23)17-7-5-16(6-8-17)25(33)34/h9,11-17H,4-8,10H2,1-3H3,(H,29,30)(H,33,34). The van der Waals surface area contributed by atoms with Crippen LogP contribution < -0.4 is 15.0 Å². The second kappa shape index (κ2) is 9.91. The summed E-state index contributed by atoms with van der Waals surface area (Å²) in [6.07, 6.45) is 3.55. The molecule has 1 aromatic heterocycles. The number of methoxy groups -OCH3 is 2. The summed E-state index contributed by atoms with van der Waals surface area (Å²) >= 11 is 0. The summed E-state index contributed by atoms with van der Waals surface area (Å²) in [6, 6.07) is 8.43. The smallest absolute Gasteiger partial charge is 0.414 e. The first kappa shape index (κ1) is 24.9. The first-order valence-electron chi connectivity index (χ1n) is 12.6. The average molecular weight is 511 g/mol. The SMILES string of the molecule is COC(=O)N1c2ccc3c(nc(Nc4ccc(OC)cc4F)n3C3CCC(C(=O)O)CC3)c2CCC1C. The number of nitrogens with one attached hydrogen (secondary N) is 1. The molecule has 2 aliphatic rings. The summed E-state index contributed by atoms with van der Waals surface area (Å²) in [4.78, 5) is 30.7. The zero-order valence-corrected chi connectivity index (χ0v) is 21.2. The van der Waals surface area contributed by atoms with E-state index in [0.29, 0.717) is 37.4 Å². The highest BCUT2D eigenvalue weighted by molar-refractivity contribution is 5.96. The van der Waals surface area contributed by atoms with Gasteiger partial charge in [-0.25, -0.2) is 14.2 Å². The molecule has 2 aromatic carbocycles. The number of aromatic nitrogens is 2. The van der Waals surface area contributed by atoms with Crippen molar-refractivity contribution in [3.8, 4) is 5.75 Å². The van der Waals surface area contributed by atoms with Crippen LogP contribution in [0.2, 0.25) is 0 Å². The number of hydrogen-bond acceptors (Lipinski definition) is 6. The van der Waals surface area contributed by atoms with Gasteiger partial charge in [-0.2, -0.15) is 0 Å². The van der Waals surface area contributed by atoms with E-state index in [1.54, 1.807) is 17.0 Å². The summed E-state index contributed by atoms with van der Waals surface area (Å²) in [6.45, 7) is 1.99. The van der Waals surface area contributed by atoms with Crippen LogP contribution in [-0.4, -0.2) is 47.0 Å². The van der Waals surface area contributed by atoms with Crippen molar-refractivity contribution in [1.29, 1.82) is 0 Å². The molecule has 5 rings (SSSR count). The molecule has 37 heavy (non-hydrogen) atoms. The summed E-state index contributed by atoms with van der Waals surface area (Å²) in [5.74, 6) is -0.701. The molecular formula is C27H31FN4O5. The third-order valence-corrected chi connectivity index (χ3v) is 7.66. The number of amides is 1. The van der Waals surface area contributed by atoms with Crippen molar-refractivity contribution in [2.45, 2.75) is 57.5 Å². The van der Waals surface area contributed by atoms with Crippen LogP contribution in [0.1, 0.15) is 50.6 Å². The van der Waals surface area contributed by atoms with Gasteiger partial charge in [0.1, 0.15) is 11.6 Å². The number of imidazole rings is 1. The fourth-order valence-corrected chi connectivity index (χ4v) is 5.66. The van der Waals surface area contributed by atoms with Crippen molar-refractivity contribution in [3.63, 3.8) is 0 Å². The van der Waals surface area contributed by atoms with Crippen molar-refractivity contribution in [2.75, 3.05) is 24.4 Å². The van der Waals surface area contributed by atoms with Gasteiger partial charge >= 0.3 is 12.1 Å². The molecule has 0 spiro atoms. The Hall–Kier alpha value is -3.82. The molecule has 1 aliphatic heterocycles. The molecule has 196 valence electrons. The predicted octanol–water partition coefficient (Wildman–Crippen LogP) is 5.65. The molecule has 1 fully saturated rings. The number of carboxylic acid groups (broad SMARTS) is 1. The van der Waals surface area contributed by atoms with E-state index in [0.717, 1.165) is 35.1 Å². The zero-order chi connectivity index (χ0) is 26.3. The van der Waals surface area contributed by atoms with Gasteiger partial charge in [0, 0.05) is 23.7 Å². The maximum atomic E-state index is 14.9. The second-order valence-corrected chi connectivity index (χ2v) is 9.78. The lowest BCUT2D eigenvalue weighted by Crippen LogP contribution is -2.42. The maximum Gasteiger partial charge on any atom is 0.414 e. The van der Waals surface area contributed by atoms with Crippen LogP contribution in [0.5, 0.6) is 5.75 Å². The molecule has 2 N–H and O–H groups in total. The van der Waals surface area contributed by atoms with Crippen LogP contribution in [0.3, 0.4) is 0 Å². The molecule has 0 saturated heterocycles. The van der Waals surface area contributed by atoms with Gasteiger partial charge in [0.2, 0.25) is 5.95 Å². The molecule has 0 radical (unpaired) electrons. The summed E-state index contributed by atoms with van der Waals surface area (Å²) in [5, 5.41) is 12.6. The van der Waals surface area contributed by atoms with Gasteiger partial charge < -0.3 is 24.5 Å². The van der Waals surface area contributed by atoms with Crippen molar-refractivity contribution >= 4 is 40.4 Å². The number of hydrogen-bond donors (Lipinski definition) is 2. The van der Waals surface area contributed by atoms with E-state index in [2.05, 4.69) is 9.88 Å².